The van der Waals surface area contributed by atoms with Crippen LogP contribution in [0.25, 0.3) is 0 Å². The molecule has 5 heteroatoms. The maximum absolute atomic E-state index is 9.13. The molecule has 2 N–H and O–H groups in total. The molecule has 1 aromatic rings. The van der Waals surface area contributed by atoms with Crippen molar-refractivity contribution in [3.8, 4) is 6.07 Å². The van der Waals surface area contributed by atoms with Crippen LogP contribution in [0, 0.1) is 16.7 Å². The van der Waals surface area contributed by atoms with Gasteiger partial charge in [0.1, 0.15) is 6.07 Å². The number of ether oxygens (including phenoxy) is 1. The highest BCUT2D eigenvalue weighted by molar-refractivity contribution is 7.10. The maximum Gasteiger partial charge on any atom is 0.100 e. The second kappa shape index (κ2) is 6.30. The van der Waals surface area contributed by atoms with Gasteiger partial charge in [0, 0.05) is 42.0 Å². The molecule has 0 spiro atoms. The summed E-state index contributed by atoms with van der Waals surface area (Å²) in [5.74, 6) is 0. The molecule has 0 radical (unpaired) electrons. The molecule has 98 valence electrons. The van der Waals surface area contributed by atoms with Crippen LogP contribution in [-0.4, -0.2) is 31.5 Å². The van der Waals surface area contributed by atoms with E-state index in [1.54, 1.807) is 11.3 Å². The van der Waals surface area contributed by atoms with Crippen LogP contribution in [-0.2, 0) is 11.3 Å². The first-order valence-corrected chi connectivity index (χ1v) is 7.03. The first kappa shape index (κ1) is 13.5. The zero-order valence-electron chi connectivity index (χ0n) is 10.3. The number of nitrogens with one attached hydrogen (secondary N) is 1. The predicted molar refractivity (Wildman–Crippen MR) is 70.3 cm³/mol. The lowest BCUT2D eigenvalue weighted by Crippen LogP contribution is -2.35. The molecule has 2 heterocycles. The fourth-order valence-electron chi connectivity index (χ4n) is 2.29. The van der Waals surface area contributed by atoms with E-state index in [0.29, 0.717) is 0 Å². The molecular weight excluding hydrogens is 248 g/mol. The van der Waals surface area contributed by atoms with E-state index < -0.39 is 0 Å². The molecule has 4 nitrogen and oxygen atoms in total. The van der Waals surface area contributed by atoms with Gasteiger partial charge in [-0.1, -0.05) is 0 Å². The van der Waals surface area contributed by atoms with Crippen molar-refractivity contribution in [2.75, 3.05) is 26.4 Å². The molecule has 0 aliphatic carbocycles. The molecule has 0 bridgehead atoms. The fraction of sp³-hybridized carbons (Fsp3) is 0.615. The van der Waals surface area contributed by atoms with Gasteiger partial charge in [-0.05, 0) is 18.9 Å². The van der Waals surface area contributed by atoms with Gasteiger partial charge in [-0.3, -0.25) is 0 Å². The first-order chi connectivity index (χ1) is 8.78. The van der Waals surface area contributed by atoms with Gasteiger partial charge in [0.2, 0.25) is 0 Å². The Labute approximate surface area is 111 Å². The van der Waals surface area contributed by atoms with Crippen LogP contribution in [0.4, 0.5) is 0 Å². The molecule has 0 saturated carbocycles. The smallest absolute Gasteiger partial charge is 0.100 e. The molecule has 1 saturated heterocycles. The van der Waals surface area contributed by atoms with E-state index in [0.717, 1.165) is 44.7 Å². The minimum atomic E-state index is 0.0874. The zero-order valence-corrected chi connectivity index (χ0v) is 11.1. The summed E-state index contributed by atoms with van der Waals surface area (Å²) in [4.78, 5) is 1.17. The molecule has 1 aliphatic rings. The minimum Gasteiger partial charge on any atom is -0.396 e. The van der Waals surface area contributed by atoms with E-state index in [1.807, 2.05) is 11.4 Å². The van der Waals surface area contributed by atoms with Gasteiger partial charge in [0.05, 0.1) is 12.2 Å². The number of nitriles is 1. The third-order valence-corrected chi connectivity index (χ3v) is 4.35. The van der Waals surface area contributed by atoms with Crippen molar-refractivity contribution < 1.29 is 9.84 Å². The monoisotopic (exact) mass is 266 g/mol. The Kier molecular flexibility index (Phi) is 4.72. The summed E-state index contributed by atoms with van der Waals surface area (Å²) in [7, 11) is 0. The van der Waals surface area contributed by atoms with Gasteiger partial charge >= 0.3 is 0 Å². The van der Waals surface area contributed by atoms with Crippen LogP contribution in [0.3, 0.4) is 0 Å². The summed E-state index contributed by atoms with van der Waals surface area (Å²) in [6.45, 7) is 3.36. The summed E-state index contributed by atoms with van der Waals surface area (Å²) >= 11 is 1.60. The highest BCUT2D eigenvalue weighted by Gasteiger charge is 2.33. The van der Waals surface area contributed by atoms with Crippen molar-refractivity contribution in [1.29, 1.82) is 5.26 Å². The average molecular weight is 266 g/mol. The van der Waals surface area contributed by atoms with E-state index in [2.05, 4.69) is 11.4 Å². The third kappa shape index (κ3) is 3.30. The number of hydrogen-bond donors (Lipinski definition) is 2. The summed E-state index contributed by atoms with van der Waals surface area (Å²) in [6, 6.07) is 4.05. The molecule has 1 aromatic heterocycles. The molecule has 2 rings (SSSR count). The van der Waals surface area contributed by atoms with Gasteiger partial charge in [-0.2, -0.15) is 5.26 Å². The molecular formula is C13H18N2O2S. The van der Waals surface area contributed by atoms with Crippen molar-refractivity contribution >= 4 is 11.3 Å². The van der Waals surface area contributed by atoms with Crippen LogP contribution in [0.2, 0.25) is 0 Å². The highest BCUT2D eigenvalue weighted by atomic mass is 32.1. The minimum absolute atomic E-state index is 0.0874. The summed E-state index contributed by atoms with van der Waals surface area (Å²) in [5, 5.41) is 23.2. The Hall–Kier alpha value is -0.930. The number of hydrogen-bond acceptors (Lipinski definition) is 5. The van der Waals surface area contributed by atoms with Gasteiger partial charge in [0.15, 0.2) is 0 Å². The first-order valence-electron chi connectivity index (χ1n) is 6.15. The molecule has 1 atom stereocenters. The van der Waals surface area contributed by atoms with Gasteiger partial charge in [-0.15, -0.1) is 11.3 Å². The lowest BCUT2D eigenvalue weighted by atomic mass is 9.84. The van der Waals surface area contributed by atoms with E-state index in [4.69, 9.17) is 15.1 Å². The number of aliphatic hydroxyl groups is 1. The normalized spacial score (nSPS) is 23.1. The largest absolute Gasteiger partial charge is 0.396 e. The zero-order chi connectivity index (χ0) is 12.8. The number of rotatable bonds is 6. The van der Waals surface area contributed by atoms with Crippen molar-refractivity contribution in [3.63, 3.8) is 0 Å². The van der Waals surface area contributed by atoms with Crippen LogP contribution in [0.5, 0.6) is 0 Å². The quantitative estimate of drug-likeness (QED) is 0.819. The van der Waals surface area contributed by atoms with E-state index >= 15 is 0 Å². The molecule has 1 unspecified atom stereocenters. The number of nitrogens with zero attached hydrogens (tertiary/aromatic N) is 1. The second-order valence-electron chi connectivity index (χ2n) is 4.79. The van der Waals surface area contributed by atoms with Crippen molar-refractivity contribution in [2.24, 2.45) is 5.41 Å². The average Bonchev–Trinajstić information content (AvgIpc) is 2.99. The van der Waals surface area contributed by atoms with E-state index in [-0.39, 0.29) is 12.0 Å². The van der Waals surface area contributed by atoms with E-state index in [1.165, 1.54) is 4.88 Å². The Balaban J connectivity index is 1.81. The number of thiophene rings is 1. The second-order valence-corrected chi connectivity index (χ2v) is 5.79. The Morgan fingerprint density at radius 3 is 3.11 bits per heavy atom. The Morgan fingerprint density at radius 2 is 2.50 bits per heavy atom. The maximum atomic E-state index is 9.13. The van der Waals surface area contributed by atoms with E-state index in [9.17, 15) is 0 Å². The molecule has 0 amide bonds. The van der Waals surface area contributed by atoms with Gasteiger partial charge in [0.25, 0.3) is 0 Å². The van der Waals surface area contributed by atoms with Crippen LogP contribution in [0.1, 0.15) is 23.3 Å². The standard InChI is InChI=1S/C13H18N2O2S/c14-6-11-5-12(18-8-11)7-15-9-13(1-3-16)2-4-17-10-13/h5,8,15-16H,1-4,7,9-10H2. The topological polar surface area (TPSA) is 65.3 Å². The van der Waals surface area contributed by atoms with Crippen molar-refractivity contribution in [2.45, 2.75) is 19.4 Å². The van der Waals surface area contributed by atoms with Crippen LogP contribution in [0.15, 0.2) is 11.4 Å². The predicted octanol–water partition coefficient (Wildman–Crippen LogP) is 1.50. The summed E-state index contributed by atoms with van der Waals surface area (Å²) in [6.07, 6.45) is 1.79. The van der Waals surface area contributed by atoms with Gasteiger partial charge < -0.3 is 15.2 Å². The van der Waals surface area contributed by atoms with Crippen LogP contribution < -0.4 is 5.32 Å². The third-order valence-electron chi connectivity index (χ3n) is 3.41. The lowest BCUT2D eigenvalue weighted by Gasteiger charge is -2.26. The van der Waals surface area contributed by atoms with Crippen molar-refractivity contribution in [1.82, 2.24) is 5.32 Å². The molecule has 18 heavy (non-hydrogen) atoms. The summed E-state index contributed by atoms with van der Waals surface area (Å²) < 4.78 is 5.45. The SMILES string of the molecule is N#Cc1csc(CNCC2(CCO)CCOC2)c1. The van der Waals surface area contributed by atoms with Crippen LogP contribution >= 0.6 is 11.3 Å². The molecule has 1 fully saturated rings. The molecule has 1 aliphatic heterocycles. The Bertz CT molecular complexity index is 419. The van der Waals surface area contributed by atoms with Crippen molar-refractivity contribution in [3.05, 3.63) is 21.9 Å². The lowest BCUT2D eigenvalue weighted by molar-refractivity contribution is 0.124. The number of aliphatic hydroxyl groups excluding tert-OH is 1. The Morgan fingerprint density at radius 1 is 1.61 bits per heavy atom. The molecule has 0 aromatic carbocycles. The van der Waals surface area contributed by atoms with Gasteiger partial charge in [-0.25, -0.2) is 0 Å². The fourth-order valence-corrected chi connectivity index (χ4v) is 3.07. The summed E-state index contributed by atoms with van der Waals surface area (Å²) in [5.41, 5.74) is 0.815. The highest BCUT2D eigenvalue weighted by Crippen LogP contribution is 2.31.